The topological polar surface area (TPSA) is 83.6 Å². The van der Waals surface area contributed by atoms with E-state index >= 15 is 0 Å². The maximum absolute atomic E-state index is 11.2. The number of hydrogen-bond donors (Lipinski definition) is 2. The molecule has 5 nitrogen and oxygen atoms in total. The van der Waals surface area contributed by atoms with E-state index in [2.05, 4.69) is 0 Å². The highest BCUT2D eigenvalue weighted by molar-refractivity contribution is 6.00. The van der Waals surface area contributed by atoms with Gasteiger partial charge in [0, 0.05) is 12.1 Å². The average Bonchev–Trinajstić information content (AvgIpc) is 2.56. The van der Waals surface area contributed by atoms with Gasteiger partial charge < -0.3 is 10.8 Å². The molecule has 78 valence electrons. The van der Waals surface area contributed by atoms with Crippen LogP contribution in [0.25, 0.3) is 0 Å². The molecule has 0 bridgehead atoms. The number of carboxylic acids is 1. The molecule has 5 heteroatoms. The van der Waals surface area contributed by atoms with E-state index in [-0.39, 0.29) is 0 Å². The maximum Gasteiger partial charge on any atom is 0.327 e. The SMILES string of the molecule is NC(=O)N1c2ccccc2C[C@H]1C(=O)O. The minimum atomic E-state index is -1.04. The molecule has 0 aliphatic carbocycles. The summed E-state index contributed by atoms with van der Waals surface area (Å²) in [6.45, 7) is 0. The number of hydrogen-bond acceptors (Lipinski definition) is 2. The summed E-state index contributed by atoms with van der Waals surface area (Å²) >= 11 is 0. The predicted molar refractivity (Wildman–Crippen MR) is 53.6 cm³/mol. The lowest BCUT2D eigenvalue weighted by molar-refractivity contribution is -0.138. The third kappa shape index (κ3) is 1.41. The van der Waals surface area contributed by atoms with Gasteiger partial charge in [0.15, 0.2) is 0 Å². The summed E-state index contributed by atoms with van der Waals surface area (Å²) in [5, 5.41) is 8.96. The molecule has 15 heavy (non-hydrogen) atoms. The smallest absolute Gasteiger partial charge is 0.327 e. The number of aliphatic carboxylic acids is 1. The highest BCUT2D eigenvalue weighted by Gasteiger charge is 2.37. The zero-order chi connectivity index (χ0) is 11.0. The Morgan fingerprint density at radius 1 is 1.40 bits per heavy atom. The van der Waals surface area contributed by atoms with E-state index < -0.39 is 18.0 Å². The van der Waals surface area contributed by atoms with Gasteiger partial charge in [-0.15, -0.1) is 0 Å². The Morgan fingerprint density at radius 2 is 2.07 bits per heavy atom. The molecule has 1 aromatic carbocycles. The van der Waals surface area contributed by atoms with Crippen LogP contribution in [-0.2, 0) is 11.2 Å². The normalized spacial score (nSPS) is 18.7. The van der Waals surface area contributed by atoms with Crippen LogP contribution >= 0.6 is 0 Å². The summed E-state index contributed by atoms with van der Waals surface area (Å²) in [6.07, 6.45) is 0.314. The average molecular weight is 206 g/mol. The maximum atomic E-state index is 11.2. The minimum Gasteiger partial charge on any atom is -0.480 e. The summed E-state index contributed by atoms with van der Waals surface area (Å²) in [5.41, 5.74) is 6.60. The molecule has 0 saturated heterocycles. The van der Waals surface area contributed by atoms with Crippen LogP contribution in [0.3, 0.4) is 0 Å². The fraction of sp³-hybridized carbons (Fsp3) is 0.200. The fourth-order valence-corrected chi connectivity index (χ4v) is 1.86. The van der Waals surface area contributed by atoms with E-state index in [9.17, 15) is 9.59 Å². The molecule has 1 heterocycles. The monoisotopic (exact) mass is 206 g/mol. The third-order valence-corrected chi connectivity index (χ3v) is 2.50. The van der Waals surface area contributed by atoms with Crippen LogP contribution in [0.4, 0.5) is 10.5 Å². The van der Waals surface area contributed by atoms with Crippen LogP contribution in [0.2, 0.25) is 0 Å². The molecule has 0 aromatic heterocycles. The molecule has 1 aromatic rings. The van der Waals surface area contributed by atoms with Crippen LogP contribution in [0.1, 0.15) is 5.56 Å². The van der Waals surface area contributed by atoms with Crippen molar-refractivity contribution in [2.24, 2.45) is 5.73 Å². The van der Waals surface area contributed by atoms with Crippen LogP contribution < -0.4 is 10.6 Å². The molecule has 2 rings (SSSR count). The zero-order valence-electron chi connectivity index (χ0n) is 7.88. The zero-order valence-corrected chi connectivity index (χ0v) is 7.88. The number of anilines is 1. The van der Waals surface area contributed by atoms with Gasteiger partial charge in [0.2, 0.25) is 0 Å². The number of carboxylic acid groups (broad SMARTS) is 1. The highest BCUT2D eigenvalue weighted by atomic mass is 16.4. The summed E-state index contributed by atoms with van der Waals surface area (Å²) in [6, 6.07) is 5.45. The number of urea groups is 1. The van der Waals surface area contributed by atoms with Gasteiger partial charge in [0.05, 0.1) is 0 Å². The van der Waals surface area contributed by atoms with Crippen molar-refractivity contribution in [1.29, 1.82) is 0 Å². The van der Waals surface area contributed by atoms with Gasteiger partial charge in [-0.1, -0.05) is 18.2 Å². The number of benzene rings is 1. The van der Waals surface area contributed by atoms with E-state index in [0.29, 0.717) is 12.1 Å². The second kappa shape index (κ2) is 3.27. The molecule has 0 saturated carbocycles. The lowest BCUT2D eigenvalue weighted by atomic mass is 10.1. The Morgan fingerprint density at radius 3 is 2.67 bits per heavy atom. The summed E-state index contributed by atoms with van der Waals surface area (Å²) in [5.74, 6) is -1.04. The number of carbonyl (C=O) groups is 2. The van der Waals surface area contributed by atoms with E-state index in [1.165, 1.54) is 0 Å². The standard InChI is InChI=1S/C10H10N2O3/c11-10(15)12-7-4-2-1-3-6(7)5-8(12)9(13)14/h1-4,8H,5H2,(H2,11,15)(H,13,14)/t8-/m0/s1. The van der Waals surface area contributed by atoms with Crippen LogP contribution in [0, 0.1) is 0 Å². The quantitative estimate of drug-likeness (QED) is 0.705. The van der Waals surface area contributed by atoms with E-state index in [1.54, 1.807) is 18.2 Å². The number of amides is 2. The molecule has 1 atom stereocenters. The Kier molecular flexibility index (Phi) is 2.07. The van der Waals surface area contributed by atoms with Crippen molar-refractivity contribution in [3.05, 3.63) is 29.8 Å². The van der Waals surface area contributed by atoms with Gasteiger partial charge in [-0.25, -0.2) is 9.59 Å². The van der Waals surface area contributed by atoms with Gasteiger partial charge in [-0.05, 0) is 11.6 Å². The number of carbonyl (C=O) groups excluding carboxylic acids is 1. The number of nitrogens with two attached hydrogens (primary N) is 1. The second-order valence-electron chi connectivity index (χ2n) is 3.40. The summed E-state index contributed by atoms with van der Waals surface area (Å²) < 4.78 is 0. The molecule has 0 radical (unpaired) electrons. The number of nitrogens with zero attached hydrogens (tertiary/aromatic N) is 1. The molecule has 0 unspecified atom stereocenters. The van der Waals surface area contributed by atoms with Crippen molar-refractivity contribution < 1.29 is 14.7 Å². The van der Waals surface area contributed by atoms with Gasteiger partial charge >= 0.3 is 12.0 Å². The van der Waals surface area contributed by atoms with E-state index in [0.717, 1.165) is 10.5 Å². The highest BCUT2D eigenvalue weighted by Crippen LogP contribution is 2.31. The molecule has 0 fully saturated rings. The molecular formula is C10H10N2O3. The summed E-state index contributed by atoms with van der Waals surface area (Å²) in [7, 11) is 0. The van der Waals surface area contributed by atoms with Crippen molar-refractivity contribution in [1.82, 2.24) is 0 Å². The first-order valence-electron chi connectivity index (χ1n) is 4.50. The van der Waals surface area contributed by atoms with Crippen molar-refractivity contribution in [2.75, 3.05) is 4.90 Å². The number of para-hydroxylation sites is 1. The molecule has 1 aliphatic heterocycles. The van der Waals surface area contributed by atoms with E-state index in [1.807, 2.05) is 6.07 Å². The first-order chi connectivity index (χ1) is 7.11. The lowest BCUT2D eigenvalue weighted by Gasteiger charge is -2.19. The van der Waals surface area contributed by atoms with Crippen molar-refractivity contribution in [2.45, 2.75) is 12.5 Å². The van der Waals surface area contributed by atoms with Crippen LogP contribution in [0.5, 0.6) is 0 Å². The van der Waals surface area contributed by atoms with Crippen molar-refractivity contribution >= 4 is 17.7 Å². The van der Waals surface area contributed by atoms with Crippen molar-refractivity contribution in [3.63, 3.8) is 0 Å². The largest absolute Gasteiger partial charge is 0.480 e. The van der Waals surface area contributed by atoms with E-state index in [4.69, 9.17) is 10.8 Å². The number of fused-ring (bicyclic) bond motifs is 1. The third-order valence-electron chi connectivity index (χ3n) is 2.50. The minimum absolute atomic E-state index is 0.314. The molecule has 3 N–H and O–H groups in total. The number of primary amides is 1. The van der Waals surface area contributed by atoms with Gasteiger partial charge in [0.25, 0.3) is 0 Å². The van der Waals surface area contributed by atoms with Gasteiger partial charge in [0.1, 0.15) is 6.04 Å². The first kappa shape index (κ1) is 9.51. The molecular weight excluding hydrogens is 196 g/mol. The molecule has 2 amide bonds. The van der Waals surface area contributed by atoms with Crippen molar-refractivity contribution in [3.8, 4) is 0 Å². The Labute approximate surface area is 86.1 Å². The molecule has 0 spiro atoms. The summed E-state index contributed by atoms with van der Waals surface area (Å²) in [4.78, 5) is 23.2. The Bertz CT molecular complexity index is 430. The number of rotatable bonds is 1. The fourth-order valence-electron chi connectivity index (χ4n) is 1.86. The lowest BCUT2D eigenvalue weighted by Crippen LogP contribution is -2.45. The van der Waals surface area contributed by atoms with Crippen LogP contribution in [-0.4, -0.2) is 23.1 Å². The molecule has 1 aliphatic rings. The first-order valence-corrected chi connectivity index (χ1v) is 4.50. The predicted octanol–water partition coefficient (Wildman–Crippen LogP) is 0.581. The van der Waals surface area contributed by atoms with Gasteiger partial charge in [-0.3, -0.25) is 4.90 Å². The van der Waals surface area contributed by atoms with Crippen LogP contribution in [0.15, 0.2) is 24.3 Å². The van der Waals surface area contributed by atoms with Gasteiger partial charge in [-0.2, -0.15) is 0 Å². The Balaban J connectivity index is 2.46. The Hall–Kier alpha value is -2.04. The second-order valence-corrected chi connectivity index (χ2v) is 3.40.